The summed E-state index contributed by atoms with van der Waals surface area (Å²) >= 11 is 0. The summed E-state index contributed by atoms with van der Waals surface area (Å²) in [4.78, 5) is 0. The summed E-state index contributed by atoms with van der Waals surface area (Å²) in [5, 5.41) is 12.6. The molecule has 59 heavy (non-hydrogen) atoms. The van der Waals surface area contributed by atoms with E-state index in [1.54, 1.807) is 0 Å². The Morgan fingerprint density at radius 3 is 1.37 bits per heavy atom. The van der Waals surface area contributed by atoms with Crippen molar-refractivity contribution in [3.05, 3.63) is 217 Å². The number of benzene rings is 11. The van der Waals surface area contributed by atoms with E-state index in [-0.39, 0.29) is 5.41 Å². The summed E-state index contributed by atoms with van der Waals surface area (Å²) in [5.74, 6) is 0. The highest BCUT2D eigenvalue weighted by Gasteiger charge is 2.36. The molecular weight excluding hydrogens is 709 g/mol. The fourth-order valence-electron chi connectivity index (χ4n) is 10.1. The number of fused-ring (bicyclic) bond motifs is 8. The van der Waals surface area contributed by atoms with E-state index in [1.165, 1.54) is 121 Å². The number of rotatable bonds is 4. The Kier molecular flexibility index (Phi) is 7.38. The van der Waals surface area contributed by atoms with Crippen molar-refractivity contribution in [2.24, 2.45) is 0 Å². The maximum atomic E-state index is 2.55. The van der Waals surface area contributed by atoms with Gasteiger partial charge >= 0.3 is 0 Å². The first kappa shape index (κ1) is 33.8. The zero-order valence-corrected chi connectivity index (χ0v) is 33.1. The van der Waals surface area contributed by atoms with Crippen LogP contribution in [0.2, 0.25) is 0 Å². The van der Waals surface area contributed by atoms with Gasteiger partial charge in [-0.3, -0.25) is 0 Å². The van der Waals surface area contributed by atoms with Crippen LogP contribution in [-0.2, 0) is 5.41 Å². The van der Waals surface area contributed by atoms with E-state index in [4.69, 9.17) is 0 Å². The van der Waals surface area contributed by atoms with Gasteiger partial charge in [0.1, 0.15) is 0 Å². The lowest BCUT2D eigenvalue weighted by molar-refractivity contribution is 0.661. The van der Waals surface area contributed by atoms with Gasteiger partial charge in [-0.25, -0.2) is 0 Å². The average Bonchev–Trinajstić information content (AvgIpc) is 3.51. The van der Waals surface area contributed by atoms with Crippen molar-refractivity contribution in [3.8, 4) is 55.6 Å². The summed E-state index contributed by atoms with van der Waals surface area (Å²) < 4.78 is 0. The molecule has 0 amide bonds. The molecule has 12 rings (SSSR count). The van der Waals surface area contributed by atoms with Crippen LogP contribution in [0.3, 0.4) is 0 Å². The normalized spacial score (nSPS) is 13.1. The van der Waals surface area contributed by atoms with Crippen molar-refractivity contribution in [1.82, 2.24) is 0 Å². The zero-order chi connectivity index (χ0) is 39.2. The van der Waals surface area contributed by atoms with E-state index in [0.29, 0.717) is 0 Å². The van der Waals surface area contributed by atoms with Crippen LogP contribution in [-0.4, -0.2) is 0 Å². The van der Waals surface area contributed by atoms with Crippen LogP contribution in [0, 0.1) is 0 Å². The van der Waals surface area contributed by atoms with Gasteiger partial charge in [0.25, 0.3) is 0 Å². The molecule has 0 N–H and O–H groups in total. The van der Waals surface area contributed by atoms with Gasteiger partial charge in [-0.1, -0.05) is 178 Å². The van der Waals surface area contributed by atoms with Gasteiger partial charge in [0, 0.05) is 5.41 Å². The van der Waals surface area contributed by atoms with Gasteiger partial charge in [-0.2, -0.15) is 0 Å². The maximum absolute atomic E-state index is 2.55. The van der Waals surface area contributed by atoms with E-state index in [1.807, 2.05) is 0 Å². The first-order chi connectivity index (χ1) is 29.0. The third-order valence-electron chi connectivity index (χ3n) is 13.2. The molecule has 0 spiro atoms. The summed E-state index contributed by atoms with van der Waals surface area (Å²) in [5.41, 5.74) is 15.3. The molecule has 0 heterocycles. The fourth-order valence-corrected chi connectivity index (χ4v) is 10.1. The van der Waals surface area contributed by atoms with Crippen LogP contribution in [0.15, 0.2) is 206 Å². The highest BCUT2D eigenvalue weighted by molar-refractivity contribution is 6.23. The van der Waals surface area contributed by atoms with Crippen LogP contribution in [0.4, 0.5) is 0 Å². The predicted octanol–water partition coefficient (Wildman–Crippen LogP) is 16.4. The molecule has 276 valence electrons. The highest BCUT2D eigenvalue weighted by atomic mass is 14.4. The lowest BCUT2D eigenvalue weighted by atomic mass is 9.79. The van der Waals surface area contributed by atoms with Crippen LogP contribution < -0.4 is 0 Å². The van der Waals surface area contributed by atoms with E-state index in [0.717, 1.165) is 0 Å². The largest absolute Gasteiger partial charge is 0.0622 e. The summed E-state index contributed by atoms with van der Waals surface area (Å²) in [6, 6.07) is 77.2. The lowest BCUT2D eigenvalue weighted by Gasteiger charge is -2.24. The monoisotopic (exact) mass is 748 g/mol. The molecule has 11 aromatic carbocycles. The minimum absolute atomic E-state index is 0.133. The van der Waals surface area contributed by atoms with Crippen LogP contribution in [0.1, 0.15) is 25.0 Å². The summed E-state index contributed by atoms with van der Waals surface area (Å²) in [7, 11) is 0. The lowest BCUT2D eigenvalue weighted by Crippen LogP contribution is -2.14. The van der Waals surface area contributed by atoms with Gasteiger partial charge in [0.05, 0.1) is 0 Å². The molecule has 0 fully saturated rings. The molecule has 0 heteroatoms. The highest BCUT2D eigenvalue weighted by Crippen LogP contribution is 2.53. The number of hydrogen-bond acceptors (Lipinski definition) is 0. The molecule has 0 saturated heterocycles. The molecule has 0 saturated carbocycles. The second kappa shape index (κ2) is 12.9. The average molecular weight is 749 g/mol. The Balaban J connectivity index is 1.17. The molecule has 0 unspecified atom stereocenters. The Morgan fingerprint density at radius 2 is 0.695 bits per heavy atom. The Morgan fingerprint density at radius 1 is 0.254 bits per heavy atom. The molecule has 0 aromatic heterocycles. The van der Waals surface area contributed by atoms with Gasteiger partial charge in [0.15, 0.2) is 0 Å². The minimum Gasteiger partial charge on any atom is -0.0622 e. The van der Waals surface area contributed by atoms with Crippen molar-refractivity contribution in [2.75, 3.05) is 0 Å². The van der Waals surface area contributed by atoms with Crippen LogP contribution >= 0.6 is 0 Å². The third-order valence-corrected chi connectivity index (χ3v) is 13.2. The van der Waals surface area contributed by atoms with Crippen molar-refractivity contribution < 1.29 is 0 Å². The summed E-state index contributed by atoms with van der Waals surface area (Å²) in [6.45, 7) is 4.79. The molecule has 0 bridgehead atoms. The van der Waals surface area contributed by atoms with Crippen molar-refractivity contribution >= 4 is 53.9 Å². The standard InChI is InChI=1S/C59H40/c1-59(2)55-19-11-10-18-49(55)51-35-53-54(36-56(51)59)58(48-27-21-39-15-7-9-17-41(39)33-48)52-34-46(28-29-50(52)57(53)47-26-20-38-14-6-8-16-40(38)32-47)45-25-24-43-30-42(22-23-44(43)31-45)37-12-4-3-5-13-37/h3-36H,1-2H3. The maximum Gasteiger partial charge on any atom is 0.0159 e. The molecule has 0 radical (unpaired) electrons. The Bertz CT molecular complexity index is 3510. The van der Waals surface area contributed by atoms with E-state index < -0.39 is 0 Å². The SMILES string of the molecule is CC1(C)c2ccccc2-c2cc3c(-c4ccc5ccccc5c4)c4ccc(-c5ccc6cc(-c7ccccc7)ccc6c5)cc4c(-c4ccc5ccccc5c4)c3cc21. The second-order valence-electron chi connectivity index (χ2n) is 16.9. The molecule has 0 aliphatic heterocycles. The second-order valence-corrected chi connectivity index (χ2v) is 16.9. The van der Waals surface area contributed by atoms with Gasteiger partial charge in [-0.15, -0.1) is 0 Å². The first-order valence-corrected chi connectivity index (χ1v) is 20.7. The fraction of sp³-hybridized carbons (Fsp3) is 0.0508. The van der Waals surface area contributed by atoms with E-state index in [2.05, 4.69) is 220 Å². The van der Waals surface area contributed by atoms with Crippen LogP contribution in [0.25, 0.3) is 109 Å². The smallest absolute Gasteiger partial charge is 0.0159 e. The molecule has 1 aliphatic rings. The molecular formula is C59H40. The zero-order valence-electron chi connectivity index (χ0n) is 33.1. The quantitative estimate of drug-likeness (QED) is 0.157. The molecule has 11 aromatic rings. The first-order valence-electron chi connectivity index (χ1n) is 20.7. The van der Waals surface area contributed by atoms with Gasteiger partial charge in [0.2, 0.25) is 0 Å². The van der Waals surface area contributed by atoms with E-state index >= 15 is 0 Å². The topological polar surface area (TPSA) is 0 Å². The predicted molar refractivity (Wildman–Crippen MR) is 253 cm³/mol. The molecule has 1 aliphatic carbocycles. The van der Waals surface area contributed by atoms with Crippen molar-refractivity contribution in [3.63, 3.8) is 0 Å². The summed E-state index contributed by atoms with van der Waals surface area (Å²) in [6.07, 6.45) is 0. The van der Waals surface area contributed by atoms with Crippen LogP contribution in [0.5, 0.6) is 0 Å². The Hall–Kier alpha value is -7.28. The Labute approximate surface area is 344 Å². The van der Waals surface area contributed by atoms with Gasteiger partial charge < -0.3 is 0 Å². The third kappa shape index (κ3) is 5.30. The molecule has 0 atom stereocenters. The van der Waals surface area contributed by atoms with Crippen molar-refractivity contribution in [1.29, 1.82) is 0 Å². The van der Waals surface area contributed by atoms with E-state index in [9.17, 15) is 0 Å². The van der Waals surface area contributed by atoms with Gasteiger partial charge in [-0.05, 0) is 163 Å². The molecule has 0 nitrogen and oxygen atoms in total. The van der Waals surface area contributed by atoms with Crippen molar-refractivity contribution in [2.45, 2.75) is 19.3 Å². The minimum atomic E-state index is -0.133. The number of hydrogen-bond donors (Lipinski definition) is 0.